The van der Waals surface area contributed by atoms with E-state index in [9.17, 15) is 23.5 Å². The van der Waals surface area contributed by atoms with Crippen LogP contribution in [0.5, 0.6) is 5.75 Å². The van der Waals surface area contributed by atoms with Crippen LogP contribution in [0.3, 0.4) is 0 Å². The lowest BCUT2D eigenvalue weighted by atomic mass is 9.95. The summed E-state index contributed by atoms with van der Waals surface area (Å²) in [5.74, 6) is -2.43. The summed E-state index contributed by atoms with van der Waals surface area (Å²) in [6.07, 6.45) is 1.98. The quantitative estimate of drug-likeness (QED) is 0.239. The molecule has 0 aliphatic rings. The Kier molecular flexibility index (Phi) is 6.81. The van der Waals surface area contributed by atoms with E-state index >= 15 is 0 Å². The van der Waals surface area contributed by atoms with Crippen LogP contribution in [-0.4, -0.2) is 11.4 Å². The molecule has 4 aromatic carbocycles. The summed E-state index contributed by atoms with van der Waals surface area (Å²) < 4.78 is 27.3. The van der Waals surface area contributed by atoms with E-state index in [0.717, 1.165) is 28.2 Å². The van der Waals surface area contributed by atoms with Gasteiger partial charge in [0, 0.05) is 16.6 Å². The smallest absolute Gasteiger partial charge is 0.271 e. The number of hydrogen-bond donors (Lipinski definition) is 3. The number of para-hydroxylation sites is 1. The highest BCUT2D eigenvalue weighted by atomic mass is 32.2. The van der Waals surface area contributed by atoms with Crippen LogP contribution in [0.2, 0.25) is 0 Å². The summed E-state index contributed by atoms with van der Waals surface area (Å²) in [5.41, 5.74) is 0.870. The van der Waals surface area contributed by atoms with Crippen LogP contribution in [-0.2, 0) is 0 Å². The molecule has 0 aromatic heterocycles. The Morgan fingerprint density at radius 2 is 1.56 bits per heavy atom. The second kappa shape index (κ2) is 9.79. The van der Waals surface area contributed by atoms with Crippen molar-refractivity contribution >= 4 is 23.1 Å². The Morgan fingerprint density at radius 1 is 0.882 bits per heavy atom. The lowest BCUT2D eigenvalue weighted by Crippen LogP contribution is -2.33. The Morgan fingerprint density at radius 3 is 2.21 bits per heavy atom. The fraction of sp³-hybridized carbons (Fsp3) is 0.154. The average molecular weight is 481 g/mol. The monoisotopic (exact) mass is 480 g/mol. The van der Waals surface area contributed by atoms with E-state index in [1.807, 2.05) is 49.6 Å². The van der Waals surface area contributed by atoms with Gasteiger partial charge in [-0.3, -0.25) is 14.9 Å². The second-order valence-corrected chi connectivity index (χ2v) is 8.74. The third-order valence-corrected chi connectivity index (χ3v) is 6.47. The summed E-state index contributed by atoms with van der Waals surface area (Å²) in [6.45, 7) is 1.84. The normalized spacial score (nSPS) is 13.1. The first-order valence-electron chi connectivity index (χ1n) is 10.5. The molecule has 0 saturated heterocycles. The van der Waals surface area contributed by atoms with Crippen molar-refractivity contribution in [3.63, 3.8) is 0 Å². The minimum absolute atomic E-state index is 0.150. The molecule has 0 saturated carbocycles. The van der Waals surface area contributed by atoms with Crippen LogP contribution in [0.25, 0.3) is 0 Å². The number of hydrogen-bond acceptors (Lipinski definition) is 6. The van der Waals surface area contributed by atoms with E-state index in [2.05, 4.69) is 10.6 Å². The molecule has 0 bridgehead atoms. The van der Waals surface area contributed by atoms with E-state index < -0.39 is 34.3 Å². The van der Waals surface area contributed by atoms with Gasteiger partial charge in [0.25, 0.3) is 10.9 Å². The van der Waals surface area contributed by atoms with Crippen molar-refractivity contribution in [3.05, 3.63) is 116 Å². The van der Waals surface area contributed by atoms with Gasteiger partial charge >= 0.3 is 0 Å². The molecule has 5 nitrogen and oxygen atoms in total. The number of anilines is 2. The average Bonchev–Trinajstić information content (AvgIpc) is 2.87. The van der Waals surface area contributed by atoms with Gasteiger partial charge in [-0.05, 0) is 60.2 Å². The van der Waals surface area contributed by atoms with Crippen molar-refractivity contribution < 1.29 is 13.9 Å². The SMILES string of the molecule is CSc1ccc(C(NC(C)c2ccc(F)c(F)c2)c2ccccc2Nc2c(O)c(=O)c2=O)cc1. The first-order valence-corrected chi connectivity index (χ1v) is 11.8. The predicted octanol–water partition coefficient (Wildman–Crippen LogP) is 5.17. The van der Waals surface area contributed by atoms with Crippen molar-refractivity contribution in [2.45, 2.75) is 23.9 Å². The zero-order chi connectivity index (χ0) is 24.4. The van der Waals surface area contributed by atoms with E-state index in [-0.39, 0.29) is 11.7 Å². The van der Waals surface area contributed by atoms with Crippen LogP contribution >= 0.6 is 11.8 Å². The van der Waals surface area contributed by atoms with Crippen LogP contribution in [0.1, 0.15) is 35.7 Å². The molecular weight excluding hydrogens is 458 g/mol. The highest BCUT2D eigenvalue weighted by molar-refractivity contribution is 7.98. The van der Waals surface area contributed by atoms with Gasteiger partial charge in [-0.25, -0.2) is 8.78 Å². The third kappa shape index (κ3) is 4.60. The zero-order valence-corrected chi connectivity index (χ0v) is 19.2. The molecule has 8 heteroatoms. The second-order valence-electron chi connectivity index (χ2n) is 7.86. The van der Waals surface area contributed by atoms with Gasteiger partial charge in [-0.1, -0.05) is 36.4 Å². The molecule has 34 heavy (non-hydrogen) atoms. The van der Waals surface area contributed by atoms with Crippen LogP contribution < -0.4 is 21.5 Å². The maximum absolute atomic E-state index is 13.9. The van der Waals surface area contributed by atoms with E-state index in [1.54, 1.807) is 23.9 Å². The fourth-order valence-electron chi connectivity index (χ4n) is 3.78. The molecule has 0 spiro atoms. The third-order valence-electron chi connectivity index (χ3n) is 5.73. The lowest BCUT2D eigenvalue weighted by Gasteiger charge is -2.27. The number of aromatic hydroxyl groups is 1. The van der Waals surface area contributed by atoms with E-state index in [1.165, 1.54) is 6.07 Å². The molecule has 0 radical (unpaired) electrons. The molecule has 174 valence electrons. The summed E-state index contributed by atoms with van der Waals surface area (Å²) in [5, 5.41) is 16.2. The van der Waals surface area contributed by atoms with Crippen molar-refractivity contribution in [1.82, 2.24) is 5.32 Å². The lowest BCUT2D eigenvalue weighted by molar-refractivity contribution is 0.466. The Labute approximate surface area is 199 Å². The molecule has 3 N–H and O–H groups in total. The van der Waals surface area contributed by atoms with Crippen molar-refractivity contribution in [1.29, 1.82) is 0 Å². The number of halogens is 2. The molecular formula is C26H22F2N2O3S. The number of rotatable bonds is 8. The summed E-state index contributed by atoms with van der Waals surface area (Å²) in [6, 6.07) is 18.1. The van der Waals surface area contributed by atoms with E-state index in [4.69, 9.17) is 0 Å². The van der Waals surface area contributed by atoms with Gasteiger partial charge in [-0.15, -0.1) is 11.8 Å². The number of thioether (sulfide) groups is 1. The molecule has 4 rings (SSSR count). The van der Waals surface area contributed by atoms with E-state index in [0.29, 0.717) is 11.3 Å². The molecule has 0 aliphatic heterocycles. The maximum atomic E-state index is 13.9. The van der Waals surface area contributed by atoms with Crippen molar-refractivity contribution in [2.75, 3.05) is 11.6 Å². The summed E-state index contributed by atoms with van der Waals surface area (Å²) in [4.78, 5) is 24.4. The van der Waals surface area contributed by atoms with Gasteiger partial charge in [0.05, 0.1) is 6.04 Å². The molecule has 0 fully saturated rings. The fourth-order valence-corrected chi connectivity index (χ4v) is 4.19. The number of nitrogens with one attached hydrogen (secondary N) is 2. The molecule has 4 aromatic rings. The molecule has 0 aliphatic carbocycles. The van der Waals surface area contributed by atoms with Gasteiger partial charge in [-0.2, -0.15) is 0 Å². The molecule has 0 heterocycles. The minimum Gasteiger partial charge on any atom is -0.502 e. The molecule has 0 amide bonds. The van der Waals surface area contributed by atoms with Crippen molar-refractivity contribution in [3.8, 4) is 5.75 Å². The van der Waals surface area contributed by atoms with Gasteiger partial charge in [0.1, 0.15) is 5.69 Å². The summed E-state index contributed by atoms with van der Waals surface area (Å²) in [7, 11) is 0. The standard InChI is InChI=1S/C26H22F2N2O3S/c1-14(16-9-12-19(27)20(28)13-16)29-22(15-7-10-17(34-2)11-8-15)18-5-3-4-6-21(18)30-23-24(31)26(33)25(23)32/h3-14,22,29-31H,1-2H3. The maximum Gasteiger partial charge on any atom is 0.271 e. The zero-order valence-electron chi connectivity index (χ0n) is 18.4. The summed E-state index contributed by atoms with van der Waals surface area (Å²) >= 11 is 1.61. The molecule has 2 unspecified atom stereocenters. The molecule has 2 atom stereocenters. The van der Waals surface area contributed by atoms with Crippen LogP contribution in [0, 0.1) is 11.6 Å². The van der Waals surface area contributed by atoms with Gasteiger partial charge in [0.15, 0.2) is 17.4 Å². The van der Waals surface area contributed by atoms with Crippen LogP contribution in [0.15, 0.2) is 81.2 Å². The Bertz CT molecular complexity index is 1400. The van der Waals surface area contributed by atoms with Crippen LogP contribution in [0.4, 0.5) is 20.2 Å². The van der Waals surface area contributed by atoms with Gasteiger partial charge in [0.2, 0.25) is 0 Å². The van der Waals surface area contributed by atoms with Gasteiger partial charge < -0.3 is 10.4 Å². The highest BCUT2D eigenvalue weighted by Gasteiger charge is 2.24. The Hall–Kier alpha value is -3.49. The Balaban J connectivity index is 1.74. The van der Waals surface area contributed by atoms with Crippen molar-refractivity contribution in [2.24, 2.45) is 0 Å². The first kappa shape index (κ1) is 23.7. The first-order chi connectivity index (χ1) is 16.3. The predicted molar refractivity (Wildman–Crippen MR) is 131 cm³/mol. The highest BCUT2D eigenvalue weighted by Crippen LogP contribution is 2.34. The largest absolute Gasteiger partial charge is 0.502 e. The topological polar surface area (TPSA) is 78.4 Å². The minimum atomic E-state index is -0.926. The number of benzene rings is 3.